The van der Waals surface area contributed by atoms with Crippen LogP contribution in [0.25, 0.3) is 0 Å². The number of hydrazone groups is 1. The van der Waals surface area contributed by atoms with Crippen LogP contribution >= 0.6 is 0 Å². The summed E-state index contributed by atoms with van der Waals surface area (Å²) < 4.78 is 0. The number of nitrogens with zero attached hydrogens (tertiary/aromatic N) is 2. The Kier molecular flexibility index (Phi) is 4.88. The maximum Gasteiger partial charge on any atom is 0.273 e. The van der Waals surface area contributed by atoms with E-state index in [1.807, 2.05) is 31.0 Å². The van der Waals surface area contributed by atoms with E-state index in [-0.39, 0.29) is 11.3 Å². The van der Waals surface area contributed by atoms with Gasteiger partial charge in [-0.2, -0.15) is 5.10 Å². The summed E-state index contributed by atoms with van der Waals surface area (Å²) in [7, 11) is 0. The van der Waals surface area contributed by atoms with Crippen LogP contribution < -0.4 is 15.9 Å². The molecule has 26 heavy (non-hydrogen) atoms. The third-order valence-electron chi connectivity index (χ3n) is 4.09. The topological polar surface area (TPSA) is 94.0 Å². The van der Waals surface area contributed by atoms with Gasteiger partial charge in [-0.3, -0.25) is 25.4 Å². The predicted octanol–water partition coefficient (Wildman–Crippen LogP) is 2.36. The van der Waals surface area contributed by atoms with E-state index in [1.165, 1.54) is 12.1 Å². The summed E-state index contributed by atoms with van der Waals surface area (Å²) in [6.07, 6.45) is 0.931. The minimum Gasteiger partial charge on any atom is -0.507 e. The molecule has 3 rings (SSSR count). The Balaban J connectivity index is 1.60. The Morgan fingerprint density at radius 3 is 2.35 bits per heavy atom. The molecule has 0 fully saturated rings. The number of phenols is 1. The molecule has 2 amide bonds. The van der Waals surface area contributed by atoms with Gasteiger partial charge in [0.05, 0.1) is 11.3 Å². The third kappa shape index (κ3) is 3.83. The van der Waals surface area contributed by atoms with Gasteiger partial charge in [0.1, 0.15) is 5.75 Å². The normalized spacial score (nSPS) is 13.3. The number of aryl methyl sites for hydroxylation is 1. The third-order valence-corrected chi connectivity index (χ3v) is 4.09. The molecular formula is C19H20N4O3. The lowest BCUT2D eigenvalue weighted by Crippen LogP contribution is -2.41. The molecule has 1 heterocycles. The van der Waals surface area contributed by atoms with E-state index in [9.17, 15) is 14.7 Å². The Morgan fingerprint density at radius 2 is 1.73 bits per heavy atom. The summed E-state index contributed by atoms with van der Waals surface area (Å²) in [6, 6.07) is 11.7. The van der Waals surface area contributed by atoms with Crippen molar-refractivity contribution in [1.82, 2.24) is 10.9 Å². The molecule has 0 bridgehead atoms. The van der Waals surface area contributed by atoms with Gasteiger partial charge in [0.25, 0.3) is 11.8 Å². The largest absolute Gasteiger partial charge is 0.507 e. The predicted molar refractivity (Wildman–Crippen MR) is 99.3 cm³/mol. The lowest BCUT2D eigenvalue weighted by molar-refractivity contribution is 0.0845. The van der Waals surface area contributed by atoms with E-state index in [2.05, 4.69) is 16.0 Å². The van der Waals surface area contributed by atoms with Gasteiger partial charge in [-0.1, -0.05) is 6.07 Å². The Labute approximate surface area is 151 Å². The number of amides is 2. The molecule has 7 nitrogen and oxygen atoms in total. The van der Waals surface area contributed by atoms with E-state index < -0.39 is 11.8 Å². The zero-order chi connectivity index (χ0) is 18.7. The maximum atomic E-state index is 12.2. The van der Waals surface area contributed by atoms with Crippen LogP contribution in [0, 0.1) is 6.92 Å². The molecule has 0 radical (unpaired) electrons. The summed E-state index contributed by atoms with van der Waals surface area (Å²) in [5.74, 6) is -1.17. The molecule has 134 valence electrons. The van der Waals surface area contributed by atoms with Crippen molar-refractivity contribution in [1.29, 1.82) is 0 Å². The number of nitrogens with one attached hydrogen (secondary N) is 2. The number of anilines is 1. The van der Waals surface area contributed by atoms with Crippen molar-refractivity contribution in [3.63, 3.8) is 0 Å². The minimum atomic E-state index is -0.589. The van der Waals surface area contributed by atoms with Crippen molar-refractivity contribution in [2.45, 2.75) is 20.3 Å². The molecule has 1 aliphatic heterocycles. The molecule has 0 atom stereocenters. The van der Waals surface area contributed by atoms with E-state index >= 15 is 0 Å². The second-order valence-electron chi connectivity index (χ2n) is 6.18. The van der Waals surface area contributed by atoms with Gasteiger partial charge in [-0.25, -0.2) is 0 Å². The first-order chi connectivity index (χ1) is 12.4. The number of phenolic OH excluding ortho intramolecular Hbond substituents is 1. The second-order valence-corrected chi connectivity index (χ2v) is 6.18. The molecule has 2 aromatic rings. The first-order valence-corrected chi connectivity index (χ1v) is 8.26. The van der Waals surface area contributed by atoms with Crippen molar-refractivity contribution in [3.05, 3.63) is 59.2 Å². The molecule has 2 aromatic carbocycles. The van der Waals surface area contributed by atoms with Crippen LogP contribution in [0.2, 0.25) is 0 Å². The van der Waals surface area contributed by atoms with Gasteiger partial charge in [-0.05, 0) is 55.8 Å². The second kappa shape index (κ2) is 7.26. The number of aromatic hydroxyl groups is 1. The number of carbonyl (C=O) groups is 2. The van der Waals surface area contributed by atoms with Gasteiger partial charge in [0.2, 0.25) is 0 Å². The molecular weight excluding hydrogens is 332 g/mol. The number of benzene rings is 2. The number of hydrogen-bond donors (Lipinski definition) is 3. The van der Waals surface area contributed by atoms with Crippen molar-refractivity contribution < 1.29 is 14.7 Å². The molecule has 0 aliphatic carbocycles. The SMILES string of the molecule is CC1=NN(c2ccc(C(=O)NNC(=O)c3ccc(C)cc3O)cc2)CC1. The van der Waals surface area contributed by atoms with Crippen LogP contribution in [-0.4, -0.2) is 29.2 Å². The quantitative estimate of drug-likeness (QED) is 0.739. The first kappa shape index (κ1) is 17.5. The van der Waals surface area contributed by atoms with Crippen molar-refractivity contribution >= 4 is 23.2 Å². The summed E-state index contributed by atoms with van der Waals surface area (Å²) in [5, 5.41) is 16.1. The van der Waals surface area contributed by atoms with E-state index in [0.717, 1.165) is 29.9 Å². The molecule has 0 saturated carbocycles. The smallest absolute Gasteiger partial charge is 0.273 e. The average molecular weight is 352 g/mol. The number of carbonyl (C=O) groups excluding carboxylic acids is 2. The fourth-order valence-electron chi connectivity index (χ4n) is 2.63. The van der Waals surface area contributed by atoms with Crippen LogP contribution in [0.1, 0.15) is 39.6 Å². The van der Waals surface area contributed by atoms with Crippen LogP contribution in [-0.2, 0) is 0 Å². The highest BCUT2D eigenvalue weighted by Gasteiger charge is 2.15. The fourth-order valence-corrected chi connectivity index (χ4v) is 2.63. The van der Waals surface area contributed by atoms with Crippen molar-refractivity contribution in [3.8, 4) is 5.75 Å². The van der Waals surface area contributed by atoms with Crippen LogP contribution in [0.5, 0.6) is 5.75 Å². The number of hydrazine groups is 1. The molecule has 1 aliphatic rings. The van der Waals surface area contributed by atoms with Gasteiger partial charge < -0.3 is 5.11 Å². The van der Waals surface area contributed by atoms with Crippen LogP contribution in [0.3, 0.4) is 0 Å². The Hall–Kier alpha value is -3.35. The van der Waals surface area contributed by atoms with Gasteiger partial charge in [-0.15, -0.1) is 0 Å². The molecule has 0 spiro atoms. The molecule has 7 heteroatoms. The summed E-state index contributed by atoms with van der Waals surface area (Å²) in [4.78, 5) is 24.2. The number of hydrogen-bond acceptors (Lipinski definition) is 5. The van der Waals surface area contributed by atoms with Gasteiger partial charge in [0, 0.05) is 24.2 Å². The zero-order valence-corrected chi connectivity index (χ0v) is 14.6. The van der Waals surface area contributed by atoms with Crippen molar-refractivity contribution in [2.24, 2.45) is 5.10 Å². The molecule has 0 aromatic heterocycles. The highest BCUT2D eigenvalue weighted by atomic mass is 16.3. The average Bonchev–Trinajstić information content (AvgIpc) is 3.06. The van der Waals surface area contributed by atoms with E-state index in [4.69, 9.17) is 0 Å². The standard InChI is InChI=1S/C19H20N4O3/c1-12-3-8-16(17(24)11-12)19(26)21-20-18(25)14-4-6-15(7-5-14)23-10-9-13(2)22-23/h3-8,11,24H,9-10H2,1-2H3,(H,20,25)(H,21,26). The fraction of sp³-hybridized carbons (Fsp3) is 0.211. The Bertz CT molecular complexity index is 875. The minimum absolute atomic E-state index is 0.0912. The summed E-state index contributed by atoms with van der Waals surface area (Å²) in [5.41, 5.74) is 7.96. The molecule has 0 saturated heterocycles. The van der Waals surface area contributed by atoms with E-state index in [1.54, 1.807) is 18.2 Å². The first-order valence-electron chi connectivity index (χ1n) is 8.26. The van der Waals surface area contributed by atoms with Crippen molar-refractivity contribution in [2.75, 3.05) is 11.6 Å². The van der Waals surface area contributed by atoms with E-state index in [0.29, 0.717) is 5.56 Å². The highest BCUT2D eigenvalue weighted by molar-refractivity contribution is 6.00. The monoisotopic (exact) mass is 352 g/mol. The van der Waals surface area contributed by atoms with Crippen LogP contribution in [0.4, 0.5) is 5.69 Å². The maximum absolute atomic E-state index is 12.2. The van der Waals surface area contributed by atoms with Crippen LogP contribution in [0.15, 0.2) is 47.6 Å². The van der Waals surface area contributed by atoms with Gasteiger partial charge >= 0.3 is 0 Å². The molecule has 3 N–H and O–H groups in total. The lowest BCUT2D eigenvalue weighted by Gasteiger charge is -2.14. The lowest BCUT2D eigenvalue weighted by atomic mass is 10.1. The number of rotatable bonds is 3. The van der Waals surface area contributed by atoms with Gasteiger partial charge in [0.15, 0.2) is 0 Å². The summed E-state index contributed by atoms with van der Waals surface area (Å²) in [6.45, 7) is 4.62. The summed E-state index contributed by atoms with van der Waals surface area (Å²) >= 11 is 0. The highest BCUT2D eigenvalue weighted by Crippen LogP contribution is 2.20. The molecule has 0 unspecified atom stereocenters. The Morgan fingerprint density at radius 1 is 1.04 bits per heavy atom. The zero-order valence-electron chi connectivity index (χ0n) is 14.6.